The van der Waals surface area contributed by atoms with Gasteiger partial charge in [0.15, 0.2) is 0 Å². The van der Waals surface area contributed by atoms with Gasteiger partial charge in [0, 0.05) is 29.2 Å². The smallest absolute Gasteiger partial charge is 0.319 e. The number of anilines is 1. The van der Waals surface area contributed by atoms with E-state index in [4.69, 9.17) is 0 Å². The lowest BCUT2D eigenvalue weighted by Crippen LogP contribution is -2.38. The molecule has 0 atom stereocenters. The summed E-state index contributed by atoms with van der Waals surface area (Å²) in [6.45, 7) is 4.46. The van der Waals surface area contributed by atoms with Crippen molar-refractivity contribution in [2.75, 3.05) is 18.4 Å². The summed E-state index contributed by atoms with van der Waals surface area (Å²) in [7, 11) is 0. The highest BCUT2D eigenvalue weighted by Crippen LogP contribution is 2.13. The molecule has 3 amide bonds. The van der Waals surface area contributed by atoms with Gasteiger partial charge in [0.2, 0.25) is 5.91 Å². The molecule has 1 aromatic rings. The monoisotopic (exact) mass is 327 g/mol. The zero-order chi connectivity index (χ0) is 14.3. The molecular weight excluding hydrogens is 310 g/mol. The molecule has 0 fully saturated rings. The zero-order valence-electron chi connectivity index (χ0n) is 11.0. The van der Waals surface area contributed by atoms with Crippen LogP contribution in [0.15, 0.2) is 28.7 Å². The fourth-order valence-electron chi connectivity index (χ4n) is 1.27. The summed E-state index contributed by atoms with van der Waals surface area (Å²) in [4.78, 5) is 22.8. The van der Waals surface area contributed by atoms with Crippen LogP contribution in [0.2, 0.25) is 0 Å². The van der Waals surface area contributed by atoms with Crippen molar-refractivity contribution in [3.63, 3.8) is 0 Å². The highest BCUT2D eigenvalue weighted by atomic mass is 79.9. The Morgan fingerprint density at radius 3 is 2.26 bits per heavy atom. The fourth-order valence-corrected chi connectivity index (χ4v) is 1.54. The Morgan fingerprint density at radius 2 is 1.68 bits per heavy atom. The molecule has 5 nitrogen and oxygen atoms in total. The molecule has 0 heterocycles. The number of carbonyl (C=O) groups is 2. The predicted molar refractivity (Wildman–Crippen MR) is 79.0 cm³/mol. The van der Waals surface area contributed by atoms with Gasteiger partial charge in [-0.1, -0.05) is 29.8 Å². The number of nitrogens with one attached hydrogen (secondary N) is 3. The van der Waals surface area contributed by atoms with Crippen LogP contribution >= 0.6 is 15.9 Å². The van der Waals surface area contributed by atoms with Crippen LogP contribution < -0.4 is 16.0 Å². The molecule has 0 aliphatic heterocycles. The number of urea groups is 1. The van der Waals surface area contributed by atoms with E-state index in [1.54, 1.807) is 12.1 Å². The third kappa shape index (κ3) is 6.24. The molecule has 0 bridgehead atoms. The van der Waals surface area contributed by atoms with E-state index in [0.29, 0.717) is 18.8 Å². The Balaban J connectivity index is 2.21. The number of hydrogen-bond donors (Lipinski definition) is 3. The van der Waals surface area contributed by atoms with Crippen LogP contribution in [0.4, 0.5) is 10.5 Å². The summed E-state index contributed by atoms with van der Waals surface area (Å²) in [5.74, 6) is -0.0632. The lowest BCUT2D eigenvalue weighted by Gasteiger charge is -2.09. The number of carbonyl (C=O) groups excluding carboxylic acids is 2. The first-order valence-corrected chi connectivity index (χ1v) is 6.86. The summed E-state index contributed by atoms with van der Waals surface area (Å²) >= 11 is 3.32. The van der Waals surface area contributed by atoms with Crippen molar-refractivity contribution in [2.45, 2.75) is 13.8 Å². The molecule has 1 rings (SSSR count). The molecule has 3 N–H and O–H groups in total. The molecule has 0 radical (unpaired) electrons. The van der Waals surface area contributed by atoms with Gasteiger partial charge < -0.3 is 16.0 Å². The third-order valence-electron chi connectivity index (χ3n) is 2.34. The average Bonchev–Trinajstić information content (AvgIpc) is 2.37. The van der Waals surface area contributed by atoms with Crippen LogP contribution in [-0.4, -0.2) is 25.0 Å². The molecule has 0 saturated carbocycles. The van der Waals surface area contributed by atoms with Gasteiger partial charge in [-0.15, -0.1) is 0 Å². The lowest BCUT2D eigenvalue weighted by atomic mass is 10.2. The van der Waals surface area contributed by atoms with Crippen molar-refractivity contribution in [3.8, 4) is 0 Å². The van der Waals surface area contributed by atoms with E-state index in [1.165, 1.54) is 0 Å². The maximum absolute atomic E-state index is 11.5. The Labute approximate surface area is 121 Å². The zero-order valence-corrected chi connectivity index (χ0v) is 12.6. The Kier molecular flexibility index (Phi) is 6.35. The summed E-state index contributed by atoms with van der Waals surface area (Å²) in [6, 6.07) is 6.99. The van der Waals surface area contributed by atoms with Crippen molar-refractivity contribution in [2.24, 2.45) is 5.92 Å². The summed E-state index contributed by atoms with van der Waals surface area (Å²) < 4.78 is 0.954. The van der Waals surface area contributed by atoms with Gasteiger partial charge in [-0.2, -0.15) is 0 Å². The van der Waals surface area contributed by atoms with Crippen LogP contribution in [-0.2, 0) is 4.79 Å². The van der Waals surface area contributed by atoms with Crippen LogP contribution in [0.25, 0.3) is 0 Å². The van der Waals surface area contributed by atoms with Crippen molar-refractivity contribution in [1.82, 2.24) is 10.6 Å². The minimum absolute atomic E-state index is 0.0184. The van der Waals surface area contributed by atoms with Gasteiger partial charge in [-0.3, -0.25) is 4.79 Å². The number of hydrogen-bond acceptors (Lipinski definition) is 2. The number of amides is 3. The van der Waals surface area contributed by atoms with E-state index in [0.717, 1.165) is 4.47 Å². The van der Waals surface area contributed by atoms with E-state index in [9.17, 15) is 9.59 Å². The molecule has 104 valence electrons. The second-order valence-electron chi connectivity index (χ2n) is 4.33. The number of rotatable bonds is 5. The Bertz CT molecular complexity index is 432. The minimum atomic E-state index is -0.291. The summed E-state index contributed by atoms with van der Waals surface area (Å²) in [5, 5.41) is 8.08. The molecule has 0 saturated heterocycles. The van der Waals surface area contributed by atoms with Crippen molar-refractivity contribution in [3.05, 3.63) is 28.7 Å². The molecule has 0 aromatic heterocycles. The van der Waals surface area contributed by atoms with Crippen molar-refractivity contribution >= 4 is 33.6 Å². The number of halogens is 1. The molecule has 0 unspecified atom stereocenters. The van der Waals surface area contributed by atoms with Crippen LogP contribution in [0.1, 0.15) is 13.8 Å². The van der Waals surface area contributed by atoms with Crippen molar-refractivity contribution < 1.29 is 9.59 Å². The molecule has 19 heavy (non-hydrogen) atoms. The van der Waals surface area contributed by atoms with Crippen molar-refractivity contribution in [1.29, 1.82) is 0 Å². The molecule has 1 aromatic carbocycles. The molecule has 0 aliphatic rings. The predicted octanol–water partition coefficient (Wildman–Crippen LogP) is 2.34. The molecular formula is C13H18BrN3O2. The number of benzene rings is 1. The summed E-state index contributed by atoms with van der Waals surface area (Å²) in [6.07, 6.45) is 0. The van der Waals surface area contributed by atoms with Crippen LogP contribution in [0, 0.1) is 5.92 Å². The van der Waals surface area contributed by atoms with Crippen LogP contribution in [0.5, 0.6) is 0 Å². The SMILES string of the molecule is CC(C)C(=O)NCCNC(=O)Nc1ccc(Br)cc1. The van der Waals surface area contributed by atoms with Gasteiger partial charge in [-0.25, -0.2) is 4.79 Å². The first-order valence-electron chi connectivity index (χ1n) is 6.07. The van der Waals surface area contributed by atoms with E-state index in [2.05, 4.69) is 31.9 Å². The maximum atomic E-state index is 11.5. The van der Waals surface area contributed by atoms with E-state index in [1.807, 2.05) is 26.0 Å². The van der Waals surface area contributed by atoms with Gasteiger partial charge in [0.1, 0.15) is 0 Å². The van der Waals surface area contributed by atoms with E-state index in [-0.39, 0.29) is 17.9 Å². The first kappa shape index (κ1) is 15.5. The minimum Gasteiger partial charge on any atom is -0.354 e. The largest absolute Gasteiger partial charge is 0.354 e. The molecule has 0 aliphatic carbocycles. The van der Waals surface area contributed by atoms with Gasteiger partial charge >= 0.3 is 6.03 Å². The van der Waals surface area contributed by atoms with Gasteiger partial charge in [-0.05, 0) is 24.3 Å². The second-order valence-corrected chi connectivity index (χ2v) is 5.25. The van der Waals surface area contributed by atoms with Crippen LogP contribution in [0.3, 0.4) is 0 Å². The molecule has 6 heteroatoms. The lowest BCUT2D eigenvalue weighted by molar-refractivity contribution is -0.123. The van der Waals surface area contributed by atoms with E-state index >= 15 is 0 Å². The second kappa shape index (κ2) is 7.78. The average molecular weight is 328 g/mol. The topological polar surface area (TPSA) is 70.2 Å². The Hall–Kier alpha value is -1.56. The molecule has 0 spiro atoms. The fraction of sp³-hybridized carbons (Fsp3) is 0.385. The van der Waals surface area contributed by atoms with Gasteiger partial charge in [0.05, 0.1) is 0 Å². The highest BCUT2D eigenvalue weighted by Gasteiger charge is 2.05. The first-order chi connectivity index (χ1) is 8.99. The Morgan fingerprint density at radius 1 is 1.11 bits per heavy atom. The maximum Gasteiger partial charge on any atom is 0.319 e. The third-order valence-corrected chi connectivity index (χ3v) is 2.86. The normalized spacial score (nSPS) is 10.1. The highest BCUT2D eigenvalue weighted by molar-refractivity contribution is 9.10. The van der Waals surface area contributed by atoms with E-state index < -0.39 is 0 Å². The van der Waals surface area contributed by atoms with Gasteiger partial charge in [0.25, 0.3) is 0 Å². The standard InChI is InChI=1S/C13H18BrN3O2/c1-9(2)12(18)15-7-8-16-13(19)17-11-5-3-10(14)4-6-11/h3-6,9H,7-8H2,1-2H3,(H,15,18)(H2,16,17,19). The quantitative estimate of drug-likeness (QED) is 0.726. The summed E-state index contributed by atoms with van der Waals surface area (Å²) in [5.41, 5.74) is 0.715.